The maximum Gasteiger partial charge on any atom is 0.305 e. The van der Waals surface area contributed by atoms with Gasteiger partial charge in [-0.1, -0.05) is 20.8 Å². The van der Waals surface area contributed by atoms with Gasteiger partial charge in [0, 0.05) is 13.3 Å². The third-order valence-corrected chi connectivity index (χ3v) is 10.9. The number of fused-ring (bicyclic) bond motifs is 5. The van der Waals surface area contributed by atoms with Crippen LogP contribution in [0.15, 0.2) is 0 Å². The van der Waals surface area contributed by atoms with Crippen LogP contribution in [0.5, 0.6) is 0 Å². The fraction of sp³-hybridized carbons (Fsp3) is 0.929. The molecule has 6 nitrogen and oxygen atoms in total. The predicted octanol–water partition coefficient (Wildman–Crippen LogP) is 4.50. The fourth-order valence-corrected chi connectivity index (χ4v) is 9.32. The molecule has 0 aliphatic heterocycles. The third-order valence-electron chi connectivity index (χ3n) is 10.9. The molecule has 194 valence electrons. The number of hydrogen-bond donors (Lipinski definition) is 2. The summed E-state index contributed by atoms with van der Waals surface area (Å²) in [4.78, 5) is 23.5. The van der Waals surface area contributed by atoms with Gasteiger partial charge in [0.1, 0.15) is 6.10 Å². The van der Waals surface area contributed by atoms with Crippen molar-refractivity contribution in [3.05, 3.63) is 0 Å². The molecule has 0 saturated heterocycles. The molecule has 4 aliphatic carbocycles. The van der Waals surface area contributed by atoms with Gasteiger partial charge < -0.3 is 19.7 Å². The topological polar surface area (TPSA) is 93.1 Å². The number of carbonyl (C=O) groups excluding carboxylic acids is 2. The van der Waals surface area contributed by atoms with Crippen LogP contribution in [-0.4, -0.2) is 47.1 Å². The van der Waals surface area contributed by atoms with Crippen LogP contribution < -0.4 is 0 Å². The summed E-state index contributed by atoms with van der Waals surface area (Å²) >= 11 is 0. The Morgan fingerprint density at radius 3 is 2.32 bits per heavy atom. The summed E-state index contributed by atoms with van der Waals surface area (Å²) in [5, 5.41) is 22.9. The molecule has 0 amide bonds. The lowest BCUT2D eigenvalue weighted by molar-refractivity contribution is -0.225. The quantitative estimate of drug-likeness (QED) is 0.546. The van der Waals surface area contributed by atoms with Crippen LogP contribution >= 0.6 is 0 Å². The molecule has 4 saturated carbocycles. The molecule has 4 aliphatic rings. The van der Waals surface area contributed by atoms with E-state index in [2.05, 4.69) is 20.8 Å². The van der Waals surface area contributed by atoms with E-state index >= 15 is 0 Å². The van der Waals surface area contributed by atoms with E-state index in [4.69, 9.17) is 9.47 Å². The Kier molecular flexibility index (Phi) is 7.42. The Labute approximate surface area is 205 Å². The smallest absolute Gasteiger partial charge is 0.305 e. The van der Waals surface area contributed by atoms with Crippen molar-refractivity contribution in [3.63, 3.8) is 0 Å². The molecule has 0 aromatic heterocycles. The first kappa shape index (κ1) is 25.9. The highest BCUT2D eigenvalue weighted by atomic mass is 16.5. The second-order valence-corrected chi connectivity index (χ2v) is 12.4. The number of hydrogen-bond acceptors (Lipinski definition) is 6. The second kappa shape index (κ2) is 9.72. The van der Waals surface area contributed by atoms with Crippen molar-refractivity contribution in [2.24, 2.45) is 46.3 Å². The lowest BCUT2D eigenvalue weighted by Gasteiger charge is -2.63. The van der Waals surface area contributed by atoms with Crippen molar-refractivity contribution in [2.75, 3.05) is 6.61 Å². The van der Waals surface area contributed by atoms with Crippen molar-refractivity contribution < 1.29 is 29.3 Å². The Morgan fingerprint density at radius 1 is 0.971 bits per heavy atom. The van der Waals surface area contributed by atoms with E-state index in [1.807, 2.05) is 6.92 Å². The summed E-state index contributed by atoms with van der Waals surface area (Å²) in [5.74, 6) is 1.46. The lowest BCUT2D eigenvalue weighted by Crippen LogP contribution is -2.64. The minimum absolute atomic E-state index is 0.0328. The Morgan fingerprint density at radius 2 is 1.65 bits per heavy atom. The average molecular weight is 479 g/mol. The summed E-state index contributed by atoms with van der Waals surface area (Å²) in [6.45, 7) is 10.7. The van der Waals surface area contributed by atoms with Crippen LogP contribution in [0.2, 0.25) is 0 Å². The van der Waals surface area contributed by atoms with Gasteiger partial charge in [0.2, 0.25) is 0 Å². The normalized spacial score (nSPS) is 46.6. The van der Waals surface area contributed by atoms with Gasteiger partial charge >= 0.3 is 11.9 Å². The Balaban J connectivity index is 1.51. The molecular formula is C28H46O6. The maximum absolute atomic E-state index is 11.9. The highest BCUT2D eigenvalue weighted by Gasteiger charge is 2.65. The van der Waals surface area contributed by atoms with E-state index in [0.29, 0.717) is 43.1 Å². The SMILES string of the molecule is CCOC(=O)CC[C@@H](C)[C@H]1CC[C@H]2[C@@H]3[C@H](O)[C@H](O)[C@@H]4C[C@H](OC(C)=O)CC[C@]4(C)[C@H]3CC[C@]12C. The van der Waals surface area contributed by atoms with Crippen molar-refractivity contribution in [1.29, 1.82) is 0 Å². The number of aliphatic hydroxyl groups is 2. The minimum atomic E-state index is -0.771. The zero-order chi connectivity index (χ0) is 24.8. The van der Waals surface area contributed by atoms with Gasteiger partial charge in [0.15, 0.2) is 0 Å². The molecule has 0 radical (unpaired) electrons. The molecule has 11 atom stereocenters. The van der Waals surface area contributed by atoms with E-state index in [1.165, 1.54) is 6.92 Å². The summed E-state index contributed by atoms with van der Waals surface area (Å²) in [7, 11) is 0. The van der Waals surface area contributed by atoms with Gasteiger partial charge in [0.25, 0.3) is 0 Å². The van der Waals surface area contributed by atoms with E-state index < -0.39 is 12.2 Å². The van der Waals surface area contributed by atoms with Gasteiger partial charge in [0.05, 0.1) is 18.8 Å². The third kappa shape index (κ3) is 4.31. The van der Waals surface area contributed by atoms with Crippen LogP contribution in [0.3, 0.4) is 0 Å². The molecular weight excluding hydrogens is 432 g/mol. The van der Waals surface area contributed by atoms with E-state index in [-0.39, 0.29) is 40.7 Å². The van der Waals surface area contributed by atoms with Crippen LogP contribution in [0.4, 0.5) is 0 Å². The van der Waals surface area contributed by atoms with Crippen molar-refractivity contribution in [1.82, 2.24) is 0 Å². The molecule has 0 unspecified atom stereocenters. The second-order valence-electron chi connectivity index (χ2n) is 12.4. The summed E-state index contributed by atoms with van der Waals surface area (Å²) in [6.07, 6.45) is 6.54. The first-order chi connectivity index (χ1) is 16.0. The molecule has 0 spiro atoms. The van der Waals surface area contributed by atoms with E-state index in [0.717, 1.165) is 44.9 Å². The Bertz CT molecular complexity index is 768. The number of esters is 2. The van der Waals surface area contributed by atoms with Gasteiger partial charge in [-0.2, -0.15) is 0 Å². The van der Waals surface area contributed by atoms with Gasteiger partial charge in [-0.3, -0.25) is 9.59 Å². The zero-order valence-electron chi connectivity index (χ0n) is 21.8. The standard InChI is InChI=1S/C28H46O6/c1-6-33-23(30)10-7-16(2)19-8-9-20-24-21(12-14-27(19,20)4)28(5)13-11-18(34-17(3)29)15-22(28)25(31)26(24)32/h16,18-22,24-26,31-32H,6-15H2,1-5H3/t16-,18-,19-,20+,21+,22+,24+,25-,26+,27-,28-/m1/s1. The van der Waals surface area contributed by atoms with Gasteiger partial charge in [-0.15, -0.1) is 0 Å². The van der Waals surface area contributed by atoms with Gasteiger partial charge in [-0.05, 0) is 105 Å². The average Bonchev–Trinajstić information content (AvgIpc) is 3.13. The summed E-state index contributed by atoms with van der Waals surface area (Å²) in [5.41, 5.74) is 0.100. The fourth-order valence-electron chi connectivity index (χ4n) is 9.32. The van der Waals surface area contributed by atoms with Crippen LogP contribution in [0, 0.1) is 46.3 Å². The number of rotatable bonds is 6. The number of aliphatic hydroxyl groups excluding tert-OH is 2. The highest BCUT2D eigenvalue weighted by Crippen LogP contribution is 2.68. The lowest BCUT2D eigenvalue weighted by atomic mass is 9.43. The molecule has 0 bridgehead atoms. The Hall–Kier alpha value is -1.14. The molecule has 0 aromatic carbocycles. The first-order valence-corrected chi connectivity index (χ1v) is 13.7. The van der Waals surface area contributed by atoms with Crippen LogP contribution in [0.1, 0.15) is 92.4 Å². The van der Waals surface area contributed by atoms with E-state index in [1.54, 1.807) is 0 Å². The molecule has 0 heterocycles. The maximum atomic E-state index is 11.9. The largest absolute Gasteiger partial charge is 0.466 e. The van der Waals surface area contributed by atoms with Gasteiger partial charge in [-0.25, -0.2) is 0 Å². The predicted molar refractivity (Wildman–Crippen MR) is 129 cm³/mol. The zero-order valence-corrected chi connectivity index (χ0v) is 21.8. The van der Waals surface area contributed by atoms with Crippen molar-refractivity contribution in [2.45, 2.75) is 111 Å². The van der Waals surface area contributed by atoms with Crippen LogP contribution in [-0.2, 0) is 19.1 Å². The number of carbonyl (C=O) groups is 2. The molecule has 2 N–H and O–H groups in total. The number of ether oxygens (including phenoxy) is 2. The molecule has 4 fully saturated rings. The highest BCUT2D eigenvalue weighted by molar-refractivity contribution is 5.69. The van der Waals surface area contributed by atoms with E-state index in [9.17, 15) is 19.8 Å². The first-order valence-electron chi connectivity index (χ1n) is 13.7. The molecule has 0 aromatic rings. The van der Waals surface area contributed by atoms with Crippen molar-refractivity contribution in [3.8, 4) is 0 Å². The molecule has 6 heteroatoms. The molecule has 4 rings (SSSR count). The molecule has 34 heavy (non-hydrogen) atoms. The van der Waals surface area contributed by atoms with Crippen molar-refractivity contribution >= 4 is 11.9 Å². The minimum Gasteiger partial charge on any atom is -0.466 e. The monoisotopic (exact) mass is 478 g/mol. The summed E-state index contributed by atoms with van der Waals surface area (Å²) in [6, 6.07) is 0. The van der Waals surface area contributed by atoms with Crippen LogP contribution in [0.25, 0.3) is 0 Å². The summed E-state index contributed by atoms with van der Waals surface area (Å²) < 4.78 is 10.7.